The molecule has 0 saturated carbocycles. The topological polar surface area (TPSA) is 38.3 Å². The Balaban J connectivity index is 1.61. The maximum Gasteiger partial charge on any atom is 0.231 e. The fourth-order valence-electron chi connectivity index (χ4n) is 1.66. The summed E-state index contributed by atoms with van der Waals surface area (Å²) in [5.41, 5.74) is 0. The molecule has 3 nitrogen and oxygen atoms in total. The maximum absolute atomic E-state index is 12.8. The van der Waals surface area contributed by atoms with Gasteiger partial charge in [0.25, 0.3) is 0 Å². The molecule has 0 spiro atoms. The quantitative estimate of drug-likeness (QED) is 0.583. The summed E-state index contributed by atoms with van der Waals surface area (Å²) in [5, 5.41) is 2.70. The summed E-state index contributed by atoms with van der Waals surface area (Å²) in [6.07, 6.45) is 0. The maximum atomic E-state index is 12.8. The molecule has 0 bridgehead atoms. The van der Waals surface area contributed by atoms with Crippen LogP contribution < -0.4 is 10.1 Å². The van der Waals surface area contributed by atoms with Gasteiger partial charge in [0.15, 0.2) is 0 Å². The van der Waals surface area contributed by atoms with Gasteiger partial charge >= 0.3 is 0 Å². The van der Waals surface area contributed by atoms with Crippen LogP contribution in [0.15, 0.2) is 57.9 Å². The summed E-state index contributed by atoms with van der Waals surface area (Å²) in [7, 11) is 0. The highest BCUT2D eigenvalue weighted by Gasteiger charge is 2.01. The van der Waals surface area contributed by atoms with Gasteiger partial charge in [-0.3, -0.25) is 4.79 Å². The molecule has 6 heteroatoms. The van der Waals surface area contributed by atoms with Crippen LogP contribution in [0.25, 0.3) is 0 Å². The van der Waals surface area contributed by atoms with E-state index in [1.807, 2.05) is 24.3 Å². The average Bonchev–Trinajstić information content (AvgIpc) is 2.57. The van der Waals surface area contributed by atoms with Crippen LogP contribution in [0.4, 0.5) is 4.39 Å². The lowest BCUT2D eigenvalue weighted by Gasteiger charge is -2.02. The lowest BCUT2D eigenvalue weighted by Crippen LogP contribution is -2.25. The van der Waals surface area contributed by atoms with E-state index in [0.29, 0.717) is 0 Å². The van der Waals surface area contributed by atoms with Crippen molar-refractivity contribution < 1.29 is 13.9 Å². The molecule has 0 aliphatic rings. The van der Waals surface area contributed by atoms with Crippen LogP contribution in [-0.2, 0) is 4.79 Å². The zero-order valence-electron chi connectivity index (χ0n) is 12.7. The molecule has 24 heavy (non-hydrogen) atoms. The second-order valence-corrected chi connectivity index (χ2v) is 6.58. The Morgan fingerprint density at radius 3 is 2.75 bits per heavy atom. The molecular formula is C18H15BrFNO2S. The van der Waals surface area contributed by atoms with Gasteiger partial charge in [0, 0.05) is 9.37 Å². The van der Waals surface area contributed by atoms with E-state index in [4.69, 9.17) is 4.74 Å². The lowest BCUT2D eigenvalue weighted by molar-refractivity contribution is -0.118. The predicted octanol–water partition coefficient (Wildman–Crippen LogP) is 3.88. The van der Waals surface area contributed by atoms with Crippen LogP contribution in [0.3, 0.4) is 0 Å². The monoisotopic (exact) mass is 407 g/mol. The number of hydrogen-bond donors (Lipinski definition) is 1. The van der Waals surface area contributed by atoms with Crippen molar-refractivity contribution in [3.63, 3.8) is 0 Å². The van der Waals surface area contributed by atoms with Crippen LogP contribution in [-0.4, -0.2) is 24.8 Å². The number of rotatable bonds is 6. The number of ether oxygens (including phenoxy) is 1. The summed E-state index contributed by atoms with van der Waals surface area (Å²) in [6, 6.07) is 13.5. The minimum atomic E-state index is -0.288. The largest absolute Gasteiger partial charge is 0.481 e. The average molecular weight is 408 g/mol. The van der Waals surface area contributed by atoms with Gasteiger partial charge in [-0.2, -0.15) is 0 Å². The zero-order valence-corrected chi connectivity index (χ0v) is 15.1. The Labute approximate surface area is 153 Å². The molecule has 0 fully saturated rings. The molecule has 2 rings (SSSR count). The van der Waals surface area contributed by atoms with Crippen LogP contribution in [0.2, 0.25) is 0 Å². The molecular weight excluding hydrogens is 393 g/mol. The van der Waals surface area contributed by atoms with Gasteiger partial charge in [-0.15, -0.1) is 11.8 Å². The van der Waals surface area contributed by atoms with Crippen molar-refractivity contribution in [2.24, 2.45) is 0 Å². The van der Waals surface area contributed by atoms with Crippen LogP contribution >= 0.6 is 27.7 Å². The number of thioether (sulfide) groups is 1. The molecule has 0 unspecified atom stereocenters. The SMILES string of the molecule is O=C(CSc1ccc(F)cc1)NCC#CCOc1cccc(Br)c1. The first-order valence-corrected chi connectivity index (χ1v) is 8.90. The van der Waals surface area contributed by atoms with Crippen LogP contribution in [0, 0.1) is 17.7 Å². The van der Waals surface area contributed by atoms with E-state index in [0.717, 1.165) is 15.1 Å². The second-order valence-electron chi connectivity index (χ2n) is 4.62. The summed E-state index contributed by atoms with van der Waals surface area (Å²) in [5.74, 6) is 6.26. The number of nitrogens with one attached hydrogen (secondary N) is 1. The van der Waals surface area contributed by atoms with Crippen molar-refractivity contribution in [1.82, 2.24) is 5.32 Å². The number of benzene rings is 2. The first kappa shape index (κ1) is 18.4. The molecule has 1 N–H and O–H groups in total. The Hall–Kier alpha value is -1.97. The first-order chi connectivity index (χ1) is 11.6. The van der Waals surface area contributed by atoms with E-state index in [1.54, 1.807) is 12.1 Å². The molecule has 0 atom stereocenters. The Bertz CT molecular complexity index is 741. The number of halogens is 2. The van der Waals surface area contributed by atoms with Gasteiger partial charge < -0.3 is 10.1 Å². The number of carbonyl (C=O) groups is 1. The molecule has 0 aliphatic carbocycles. The first-order valence-electron chi connectivity index (χ1n) is 7.12. The van der Waals surface area contributed by atoms with E-state index in [2.05, 4.69) is 33.1 Å². The van der Waals surface area contributed by atoms with Gasteiger partial charge in [-0.25, -0.2) is 4.39 Å². The summed E-state index contributed by atoms with van der Waals surface area (Å²) in [4.78, 5) is 12.5. The summed E-state index contributed by atoms with van der Waals surface area (Å²) in [6.45, 7) is 0.529. The molecule has 1 amide bonds. The van der Waals surface area contributed by atoms with E-state index >= 15 is 0 Å². The molecule has 2 aromatic carbocycles. The summed E-state index contributed by atoms with van der Waals surface area (Å²) < 4.78 is 19.2. The van der Waals surface area contributed by atoms with Crippen molar-refractivity contribution in [2.45, 2.75) is 4.90 Å². The molecule has 0 saturated heterocycles. The van der Waals surface area contributed by atoms with E-state index < -0.39 is 0 Å². The van der Waals surface area contributed by atoms with Gasteiger partial charge in [-0.05, 0) is 42.5 Å². The second kappa shape index (κ2) is 10.0. The van der Waals surface area contributed by atoms with Crippen molar-refractivity contribution in [3.8, 4) is 17.6 Å². The lowest BCUT2D eigenvalue weighted by atomic mass is 10.3. The third kappa shape index (κ3) is 7.07. The van der Waals surface area contributed by atoms with Gasteiger partial charge in [0.05, 0.1) is 12.3 Å². The van der Waals surface area contributed by atoms with Gasteiger partial charge in [0.2, 0.25) is 5.91 Å². The Morgan fingerprint density at radius 1 is 1.21 bits per heavy atom. The van der Waals surface area contributed by atoms with Crippen molar-refractivity contribution in [2.75, 3.05) is 18.9 Å². The van der Waals surface area contributed by atoms with Crippen molar-refractivity contribution >= 4 is 33.6 Å². The van der Waals surface area contributed by atoms with E-state index in [9.17, 15) is 9.18 Å². The van der Waals surface area contributed by atoms with Gasteiger partial charge in [0.1, 0.15) is 18.2 Å². The molecule has 0 aromatic heterocycles. The highest BCUT2D eigenvalue weighted by atomic mass is 79.9. The fraction of sp³-hybridized carbons (Fsp3) is 0.167. The van der Waals surface area contributed by atoms with Crippen LogP contribution in [0.1, 0.15) is 0 Å². The van der Waals surface area contributed by atoms with Crippen LogP contribution in [0.5, 0.6) is 5.75 Å². The van der Waals surface area contributed by atoms with E-state index in [-0.39, 0.29) is 30.6 Å². The molecule has 0 heterocycles. The highest BCUT2D eigenvalue weighted by molar-refractivity contribution is 9.10. The number of carbonyl (C=O) groups excluding carboxylic acids is 1. The number of amides is 1. The molecule has 2 aromatic rings. The smallest absolute Gasteiger partial charge is 0.231 e. The van der Waals surface area contributed by atoms with Crippen molar-refractivity contribution in [1.29, 1.82) is 0 Å². The third-order valence-corrected chi connectivity index (χ3v) is 4.29. The third-order valence-electron chi connectivity index (χ3n) is 2.79. The Morgan fingerprint density at radius 2 is 2.00 bits per heavy atom. The highest BCUT2D eigenvalue weighted by Crippen LogP contribution is 2.18. The predicted molar refractivity (Wildman–Crippen MR) is 97.5 cm³/mol. The zero-order chi connectivity index (χ0) is 17.2. The molecule has 124 valence electrons. The van der Waals surface area contributed by atoms with E-state index in [1.165, 1.54) is 23.9 Å². The molecule has 0 aliphatic heterocycles. The van der Waals surface area contributed by atoms with Gasteiger partial charge in [-0.1, -0.05) is 33.8 Å². The van der Waals surface area contributed by atoms with Crippen molar-refractivity contribution in [3.05, 3.63) is 58.8 Å². The molecule has 0 radical (unpaired) electrons. The fourth-order valence-corrected chi connectivity index (χ4v) is 2.77. The number of hydrogen-bond acceptors (Lipinski definition) is 3. The minimum Gasteiger partial charge on any atom is -0.481 e. The summed E-state index contributed by atoms with van der Waals surface area (Å²) >= 11 is 4.71. The minimum absolute atomic E-state index is 0.119. The normalized spacial score (nSPS) is 9.75. The standard InChI is InChI=1S/C18H15BrFNO2S/c19-14-4-3-5-16(12-14)23-11-2-1-10-21-18(22)13-24-17-8-6-15(20)7-9-17/h3-9,12H,10-11,13H2,(H,21,22). The Kier molecular flexibility index (Phi) is 7.66.